The van der Waals surface area contributed by atoms with Gasteiger partial charge in [-0.15, -0.1) is 0 Å². The van der Waals surface area contributed by atoms with Crippen molar-refractivity contribution < 1.29 is 4.74 Å². The molecule has 3 aliphatic carbocycles. The summed E-state index contributed by atoms with van der Waals surface area (Å²) < 4.78 is 9.73. The highest BCUT2D eigenvalue weighted by molar-refractivity contribution is 6.06. The van der Waals surface area contributed by atoms with Gasteiger partial charge in [-0.1, -0.05) is 65.0 Å². The topological polar surface area (TPSA) is 17.4 Å². The molecule has 0 radical (unpaired) electrons. The fourth-order valence-electron chi connectivity index (χ4n) is 9.73. The molecule has 3 heteroatoms. The number of rotatable bonds is 0. The van der Waals surface area contributed by atoms with Crippen molar-refractivity contribution in [3.63, 3.8) is 0 Å². The molecule has 4 aromatic rings. The van der Waals surface area contributed by atoms with Crippen molar-refractivity contribution in [2.75, 3.05) is 13.6 Å². The third kappa shape index (κ3) is 2.73. The Morgan fingerprint density at radius 2 is 1.72 bits per heavy atom. The molecular weight excluding hydrogens is 476 g/mol. The number of likely N-dealkylation sites (N-methyl/N-ethyl adjacent to an activating group) is 1. The summed E-state index contributed by atoms with van der Waals surface area (Å²) in [7, 11) is 4.68. The van der Waals surface area contributed by atoms with E-state index >= 15 is 0 Å². The first-order valence-electron chi connectivity index (χ1n) is 15.5. The lowest BCUT2D eigenvalue weighted by molar-refractivity contribution is -0.0912. The molecule has 4 atom stereocenters. The summed E-state index contributed by atoms with van der Waals surface area (Å²) in [5, 5.41) is 4.50. The average molecular weight is 521 g/mol. The quantitative estimate of drug-likeness (QED) is 0.234. The minimum atomic E-state index is 0.0686. The monoisotopic (exact) mass is 520 g/mol. The van der Waals surface area contributed by atoms with Crippen molar-refractivity contribution in [1.29, 1.82) is 0 Å². The van der Waals surface area contributed by atoms with Crippen LogP contribution in [0.25, 0.3) is 21.7 Å². The fraction of sp³-hybridized carbons (Fsp3) is 0.500. The van der Waals surface area contributed by atoms with Crippen LogP contribution in [-0.4, -0.2) is 29.1 Å². The number of benzene rings is 3. The van der Waals surface area contributed by atoms with Crippen molar-refractivity contribution in [3.8, 4) is 5.75 Å². The number of aryl methyl sites for hydroxylation is 4. The van der Waals surface area contributed by atoms with Crippen LogP contribution in [0.3, 0.4) is 0 Å². The molecule has 39 heavy (non-hydrogen) atoms. The molecule has 1 spiro atoms. The Morgan fingerprint density at radius 1 is 0.923 bits per heavy atom. The summed E-state index contributed by atoms with van der Waals surface area (Å²) in [6, 6.07) is 14.7. The highest BCUT2D eigenvalue weighted by Crippen LogP contribution is 2.71. The molecule has 5 aliphatic rings. The molecule has 3 heterocycles. The molecule has 0 N–H and O–H groups in total. The van der Waals surface area contributed by atoms with Gasteiger partial charge < -0.3 is 14.2 Å². The first-order valence-corrected chi connectivity index (χ1v) is 15.5. The second-order valence-corrected chi connectivity index (χ2v) is 12.4. The van der Waals surface area contributed by atoms with Gasteiger partial charge in [0, 0.05) is 35.0 Å². The number of likely N-dealkylation sites (tertiary alicyclic amines) is 1. The Labute approximate surface area is 234 Å². The van der Waals surface area contributed by atoms with Crippen LogP contribution in [0.1, 0.15) is 86.2 Å². The Kier molecular flexibility index (Phi) is 5.41. The summed E-state index contributed by atoms with van der Waals surface area (Å²) in [6.07, 6.45) is 5.94. The molecule has 9 rings (SSSR count). The maximum absolute atomic E-state index is 7.19. The molecule has 2 bridgehead atoms. The van der Waals surface area contributed by atoms with Crippen LogP contribution in [-0.2, 0) is 38.1 Å². The highest BCUT2D eigenvalue weighted by atomic mass is 16.5. The summed E-state index contributed by atoms with van der Waals surface area (Å²) in [4.78, 5) is 2.67. The van der Waals surface area contributed by atoms with Crippen molar-refractivity contribution in [2.24, 2.45) is 12.5 Å². The van der Waals surface area contributed by atoms with E-state index in [4.69, 9.17) is 4.74 Å². The van der Waals surface area contributed by atoms with E-state index < -0.39 is 0 Å². The van der Waals surface area contributed by atoms with Crippen LogP contribution in [0.4, 0.5) is 0 Å². The normalized spacial score (nSPS) is 28.7. The third-order valence-electron chi connectivity index (χ3n) is 11.2. The standard InChI is InChI=1S/C32H32N2O.2C2H6/c1-17-8-9-20-15-24-31(2)16-22-26-21-11-10-18-6-5-7-19(25(18)21)14-23(26)34(4)28(22)30-32(31,12-13-33(24)3)27(20)29(17)35-30;2*1-2/h5-9,14,24,30H,10-13,15-16H2,1-4H3;2*1-2H3/t24-,30+,31+,32+;;/m1../s1. The molecule has 3 nitrogen and oxygen atoms in total. The maximum Gasteiger partial charge on any atom is 0.149 e. The number of hydrogen-bond acceptors (Lipinski definition) is 2. The zero-order chi connectivity index (χ0) is 27.4. The largest absolute Gasteiger partial charge is 0.483 e. The lowest BCUT2D eigenvalue weighted by Gasteiger charge is -2.64. The van der Waals surface area contributed by atoms with Gasteiger partial charge in [0.1, 0.15) is 11.9 Å². The van der Waals surface area contributed by atoms with Gasteiger partial charge in [0.25, 0.3) is 0 Å². The Balaban J connectivity index is 0.000000608. The lowest BCUT2D eigenvalue weighted by Crippen LogP contribution is -2.68. The van der Waals surface area contributed by atoms with Crippen LogP contribution in [0.2, 0.25) is 0 Å². The van der Waals surface area contributed by atoms with Gasteiger partial charge in [0.05, 0.1) is 11.1 Å². The van der Waals surface area contributed by atoms with E-state index in [2.05, 4.69) is 73.8 Å². The predicted molar refractivity (Wildman–Crippen MR) is 163 cm³/mol. The van der Waals surface area contributed by atoms with Gasteiger partial charge in [0.2, 0.25) is 0 Å². The van der Waals surface area contributed by atoms with Crippen LogP contribution in [0, 0.1) is 12.3 Å². The van der Waals surface area contributed by atoms with Gasteiger partial charge in [-0.05, 0) is 97.3 Å². The van der Waals surface area contributed by atoms with E-state index in [0.29, 0.717) is 6.04 Å². The number of fused-ring (bicyclic) bond motifs is 5. The zero-order valence-electron chi connectivity index (χ0n) is 25.2. The molecule has 0 unspecified atom stereocenters. The maximum atomic E-state index is 7.19. The van der Waals surface area contributed by atoms with Crippen LogP contribution in [0.15, 0.2) is 36.4 Å². The second kappa shape index (κ2) is 8.36. The minimum absolute atomic E-state index is 0.0686. The third-order valence-corrected chi connectivity index (χ3v) is 11.2. The van der Waals surface area contributed by atoms with Crippen molar-refractivity contribution in [1.82, 2.24) is 9.47 Å². The van der Waals surface area contributed by atoms with E-state index in [1.54, 1.807) is 27.6 Å². The van der Waals surface area contributed by atoms with E-state index in [1.807, 2.05) is 27.7 Å². The van der Waals surface area contributed by atoms with E-state index in [0.717, 1.165) is 19.4 Å². The lowest BCUT2D eigenvalue weighted by atomic mass is 9.44. The molecular formula is C36H44N2O. The molecule has 1 saturated heterocycles. The summed E-state index contributed by atoms with van der Waals surface area (Å²) in [5.41, 5.74) is 12.3. The SMILES string of the molecule is CC.CC.Cc1ccc2c3c1O[C@H]1c4c(c5c6c7c(cccc7cc5n4C)CC6)C[C@@]4(C)[C@@H](C2)N(C)CC[C@]314. The predicted octanol–water partition coefficient (Wildman–Crippen LogP) is 7.99. The van der Waals surface area contributed by atoms with Crippen LogP contribution >= 0.6 is 0 Å². The van der Waals surface area contributed by atoms with E-state index in [9.17, 15) is 0 Å². The molecule has 0 amide bonds. The van der Waals surface area contributed by atoms with Gasteiger partial charge in [-0.25, -0.2) is 0 Å². The number of aromatic nitrogens is 1. The van der Waals surface area contributed by atoms with Gasteiger partial charge in [-0.2, -0.15) is 0 Å². The molecule has 1 aromatic heterocycles. The summed E-state index contributed by atoms with van der Waals surface area (Å²) >= 11 is 0. The molecule has 2 aliphatic heterocycles. The summed E-state index contributed by atoms with van der Waals surface area (Å²) in [5.74, 6) is 1.21. The van der Waals surface area contributed by atoms with Gasteiger partial charge >= 0.3 is 0 Å². The fourth-order valence-corrected chi connectivity index (χ4v) is 9.73. The smallest absolute Gasteiger partial charge is 0.149 e. The zero-order valence-corrected chi connectivity index (χ0v) is 25.2. The number of hydrogen-bond donors (Lipinski definition) is 0. The van der Waals surface area contributed by atoms with Gasteiger partial charge in [0.15, 0.2) is 0 Å². The summed E-state index contributed by atoms with van der Waals surface area (Å²) in [6.45, 7) is 14.0. The first-order chi connectivity index (χ1) is 18.9. The minimum Gasteiger partial charge on any atom is -0.483 e. The second-order valence-electron chi connectivity index (χ2n) is 12.4. The molecule has 1 fully saturated rings. The molecule has 3 aromatic carbocycles. The van der Waals surface area contributed by atoms with Crippen LogP contribution < -0.4 is 4.74 Å². The average Bonchev–Trinajstić information content (AvgIpc) is 3.61. The molecule has 0 saturated carbocycles. The number of piperidine rings is 1. The number of nitrogens with zero attached hydrogens (tertiary/aromatic N) is 2. The Bertz CT molecular complexity index is 1660. The Hall–Kier alpha value is -2.78. The van der Waals surface area contributed by atoms with E-state index in [1.165, 1.54) is 58.1 Å². The first kappa shape index (κ1) is 25.2. The molecule has 204 valence electrons. The van der Waals surface area contributed by atoms with E-state index in [-0.39, 0.29) is 16.9 Å². The number of ether oxygens (including phenoxy) is 1. The van der Waals surface area contributed by atoms with Crippen molar-refractivity contribution in [2.45, 2.75) is 91.2 Å². The van der Waals surface area contributed by atoms with Crippen LogP contribution in [0.5, 0.6) is 5.75 Å². The Morgan fingerprint density at radius 3 is 2.51 bits per heavy atom. The van der Waals surface area contributed by atoms with Gasteiger partial charge in [-0.3, -0.25) is 0 Å². The van der Waals surface area contributed by atoms with Crippen molar-refractivity contribution >= 4 is 21.7 Å². The highest BCUT2D eigenvalue weighted by Gasteiger charge is 2.70. The van der Waals surface area contributed by atoms with Crippen molar-refractivity contribution in [3.05, 3.63) is 75.5 Å².